The molecule has 0 unspecified atom stereocenters. The third-order valence-corrected chi connectivity index (χ3v) is 7.21. The van der Waals surface area contributed by atoms with Crippen LogP contribution in [0.2, 0.25) is 0 Å². The number of anilines is 1. The van der Waals surface area contributed by atoms with Gasteiger partial charge < -0.3 is 24.4 Å². The molecule has 8 heteroatoms. The lowest BCUT2D eigenvalue weighted by Gasteiger charge is -2.35. The Hall–Kier alpha value is -4.59. The monoisotopic (exact) mass is 556 g/mol. The number of methoxy groups -OCH3 is 2. The minimum atomic E-state index is -0.730. The van der Waals surface area contributed by atoms with Crippen molar-refractivity contribution in [2.75, 3.05) is 26.1 Å². The first-order valence-corrected chi connectivity index (χ1v) is 13.7. The van der Waals surface area contributed by atoms with Gasteiger partial charge >= 0.3 is 5.97 Å². The fourth-order valence-electron chi connectivity index (χ4n) is 5.05. The van der Waals surface area contributed by atoms with Gasteiger partial charge in [0, 0.05) is 6.54 Å². The van der Waals surface area contributed by atoms with E-state index in [0.717, 1.165) is 30.0 Å². The number of hydrogen-bond donors (Lipinski definition) is 1. The Bertz CT molecular complexity index is 1370. The van der Waals surface area contributed by atoms with E-state index in [1.807, 2.05) is 48.5 Å². The zero-order chi connectivity index (χ0) is 29.2. The van der Waals surface area contributed by atoms with Crippen molar-refractivity contribution in [3.05, 3.63) is 102 Å². The number of nitrogens with zero attached hydrogens (tertiary/aromatic N) is 1. The first kappa shape index (κ1) is 29.4. The standard InChI is InChI=1S/C33H36N2O6/c1-4-31(36)34-26-15-9-8-14-25(26)32(37)35-21-11-10-16-27(35)33(38)41-28(24-12-6-5-7-13-24)19-17-23-18-20-29(39-2)30(22-23)40-3/h4-9,12-15,18,20,22,27-28H,1,10-11,16-17,19,21H2,2-3H3,(H,34,36)/t27-,28+/m0/s1. The fraction of sp³-hybridized carbons (Fsp3) is 0.303. The van der Waals surface area contributed by atoms with Gasteiger partial charge in [0.05, 0.1) is 25.5 Å². The van der Waals surface area contributed by atoms with Crippen molar-refractivity contribution >= 4 is 23.5 Å². The SMILES string of the molecule is C=CC(=O)Nc1ccccc1C(=O)N1CCCC[C@H]1C(=O)O[C@H](CCc1ccc(OC)c(OC)c1)c1ccccc1. The number of benzene rings is 3. The van der Waals surface area contributed by atoms with Crippen molar-refractivity contribution in [3.63, 3.8) is 0 Å². The minimum absolute atomic E-state index is 0.315. The number of carbonyl (C=O) groups is 3. The van der Waals surface area contributed by atoms with Gasteiger partial charge in [0.1, 0.15) is 12.1 Å². The minimum Gasteiger partial charge on any atom is -0.493 e. The summed E-state index contributed by atoms with van der Waals surface area (Å²) in [7, 11) is 3.19. The fourth-order valence-corrected chi connectivity index (χ4v) is 5.05. The van der Waals surface area contributed by atoms with Gasteiger partial charge in [-0.2, -0.15) is 0 Å². The molecule has 2 atom stereocenters. The van der Waals surface area contributed by atoms with Gasteiger partial charge in [-0.1, -0.05) is 55.1 Å². The Kier molecular flexibility index (Phi) is 10.2. The maximum Gasteiger partial charge on any atom is 0.329 e. The second kappa shape index (κ2) is 14.2. The molecule has 8 nitrogen and oxygen atoms in total. The zero-order valence-electron chi connectivity index (χ0n) is 23.5. The molecule has 3 aromatic carbocycles. The Balaban J connectivity index is 1.53. The molecule has 1 N–H and O–H groups in total. The highest BCUT2D eigenvalue weighted by atomic mass is 16.5. The molecule has 1 saturated heterocycles. The summed E-state index contributed by atoms with van der Waals surface area (Å²) in [6.45, 7) is 3.90. The van der Waals surface area contributed by atoms with Gasteiger partial charge in [0.15, 0.2) is 11.5 Å². The number of ether oxygens (including phenoxy) is 3. The Morgan fingerprint density at radius 3 is 2.44 bits per heavy atom. The van der Waals surface area contributed by atoms with Crippen LogP contribution in [0.4, 0.5) is 5.69 Å². The van der Waals surface area contributed by atoms with E-state index in [4.69, 9.17) is 14.2 Å². The summed E-state index contributed by atoms with van der Waals surface area (Å²) in [6, 6.07) is 21.4. The first-order valence-electron chi connectivity index (χ1n) is 13.7. The van der Waals surface area contributed by atoms with E-state index in [-0.39, 0.29) is 5.91 Å². The predicted molar refractivity (Wildman–Crippen MR) is 157 cm³/mol. The van der Waals surface area contributed by atoms with Gasteiger partial charge in [0.2, 0.25) is 5.91 Å². The van der Waals surface area contributed by atoms with Crippen LogP contribution in [-0.2, 0) is 20.7 Å². The largest absolute Gasteiger partial charge is 0.493 e. The van der Waals surface area contributed by atoms with Crippen LogP contribution in [0.5, 0.6) is 11.5 Å². The molecule has 0 aromatic heterocycles. The first-order chi connectivity index (χ1) is 19.9. The van der Waals surface area contributed by atoms with Crippen LogP contribution in [0.3, 0.4) is 0 Å². The third-order valence-electron chi connectivity index (χ3n) is 7.21. The molecule has 41 heavy (non-hydrogen) atoms. The molecule has 0 radical (unpaired) electrons. The molecule has 1 fully saturated rings. The number of rotatable bonds is 11. The van der Waals surface area contributed by atoms with Gasteiger partial charge in [-0.3, -0.25) is 9.59 Å². The van der Waals surface area contributed by atoms with Crippen LogP contribution in [0.1, 0.15) is 53.3 Å². The summed E-state index contributed by atoms with van der Waals surface area (Å²) in [5.41, 5.74) is 2.59. The van der Waals surface area contributed by atoms with Crippen LogP contribution >= 0.6 is 0 Å². The number of carbonyl (C=O) groups excluding carboxylic acids is 3. The Morgan fingerprint density at radius 2 is 1.71 bits per heavy atom. The van der Waals surface area contributed by atoms with Crippen molar-refractivity contribution in [2.45, 2.75) is 44.2 Å². The van der Waals surface area contributed by atoms with E-state index in [9.17, 15) is 14.4 Å². The molecular formula is C33H36N2O6. The van der Waals surface area contributed by atoms with Crippen LogP contribution in [0.15, 0.2) is 85.5 Å². The molecule has 214 valence electrons. The third kappa shape index (κ3) is 7.33. The topological polar surface area (TPSA) is 94.2 Å². The Labute approximate surface area is 240 Å². The highest BCUT2D eigenvalue weighted by molar-refractivity contribution is 6.07. The Morgan fingerprint density at radius 1 is 0.976 bits per heavy atom. The lowest BCUT2D eigenvalue weighted by Crippen LogP contribution is -2.49. The average molecular weight is 557 g/mol. The van der Waals surface area contributed by atoms with E-state index in [1.165, 1.54) is 0 Å². The number of amides is 2. The summed E-state index contributed by atoms with van der Waals surface area (Å²) in [5.74, 6) is 0.106. The predicted octanol–water partition coefficient (Wildman–Crippen LogP) is 5.74. The summed E-state index contributed by atoms with van der Waals surface area (Å²) < 4.78 is 16.9. The lowest BCUT2D eigenvalue weighted by atomic mass is 9.99. The molecule has 1 aliphatic heterocycles. The zero-order valence-corrected chi connectivity index (χ0v) is 23.5. The van der Waals surface area contributed by atoms with Crippen LogP contribution in [-0.4, -0.2) is 49.5 Å². The molecular weight excluding hydrogens is 520 g/mol. The number of hydrogen-bond acceptors (Lipinski definition) is 6. The molecule has 1 heterocycles. The molecule has 0 bridgehead atoms. The summed E-state index contributed by atoms with van der Waals surface area (Å²) in [4.78, 5) is 40.9. The lowest BCUT2D eigenvalue weighted by molar-refractivity contribution is -0.156. The van der Waals surface area contributed by atoms with E-state index < -0.39 is 24.0 Å². The maximum atomic E-state index is 13.7. The number of piperidine rings is 1. The average Bonchev–Trinajstić information content (AvgIpc) is 3.03. The second-order valence-electron chi connectivity index (χ2n) is 9.81. The van der Waals surface area contributed by atoms with Crippen molar-refractivity contribution in [1.29, 1.82) is 0 Å². The number of para-hydroxylation sites is 1. The molecule has 1 aliphatic rings. The van der Waals surface area contributed by atoms with E-state index in [0.29, 0.717) is 48.6 Å². The summed E-state index contributed by atoms with van der Waals surface area (Å²) in [5, 5.41) is 2.69. The molecule has 0 saturated carbocycles. The number of esters is 1. The van der Waals surface area contributed by atoms with Gasteiger partial charge in [-0.05, 0) is 73.6 Å². The molecule has 3 aromatic rings. The molecule has 4 rings (SSSR count). The quantitative estimate of drug-likeness (QED) is 0.239. The highest BCUT2D eigenvalue weighted by Gasteiger charge is 2.36. The van der Waals surface area contributed by atoms with Crippen molar-refractivity contribution in [2.24, 2.45) is 0 Å². The van der Waals surface area contributed by atoms with Crippen LogP contribution in [0, 0.1) is 0 Å². The molecule has 2 amide bonds. The van der Waals surface area contributed by atoms with Crippen molar-refractivity contribution in [1.82, 2.24) is 4.90 Å². The van der Waals surface area contributed by atoms with E-state index in [1.54, 1.807) is 43.4 Å². The van der Waals surface area contributed by atoms with Gasteiger partial charge in [0.25, 0.3) is 5.91 Å². The number of nitrogens with one attached hydrogen (secondary N) is 1. The maximum absolute atomic E-state index is 13.7. The number of likely N-dealkylation sites (tertiary alicyclic amines) is 1. The van der Waals surface area contributed by atoms with Gasteiger partial charge in [-0.15, -0.1) is 0 Å². The van der Waals surface area contributed by atoms with E-state index in [2.05, 4.69) is 11.9 Å². The number of aryl methyl sites for hydroxylation is 1. The van der Waals surface area contributed by atoms with Crippen LogP contribution < -0.4 is 14.8 Å². The smallest absolute Gasteiger partial charge is 0.329 e. The van der Waals surface area contributed by atoms with E-state index >= 15 is 0 Å². The van der Waals surface area contributed by atoms with Crippen molar-refractivity contribution in [3.8, 4) is 11.5 Å². The molecule has 0 aliphatic carbocycles. The highest BCUT2D eigenvalue weighted by Crippen LogP contribution is 2.31. The van der Waals surface area contributed by atoms with Crippen molar-refractivity contribution < 1.29 is 28.6 Å². The second-order valence-corrected chi connectivity index (χ2v) is 9.81. The van der Waals surface area contributed by atoms with Crippen LogP contribution in [0.25, 0.3) is 0 Å². The molecule has 0 spiro atoms. The van der Waals surface area contributed by atoms with Gasteiger partial charge in [-0.25, -0.2) is 4.79 Å². The normalized spacial score (nSPS) is 15.4. The summed E-state index contributed by atoms with van der Waals surface area (Å²) in [6.07, 6.45) is 3.91. The summed E-state index contributed by atoms with van der Waals surface area (Å²) >= 11 is 0.